The number of hydrogen-bond donors (Lipinski definition) is 1. The highest BCUT2D eigenvalue weighted by Gasteiger charge is 2.39. The van der Waals surface area contributed by atoms with E-state index in [1.165, 1.54) is 4.90 Å². The quantitative estimate of drug-likeness (QED) is 0.657. The van der Waals surface area contributed by atoms with Crippen molar-refractivity contribution < 1.29 is 14.3 Å². The lowest BCUT2D eigenvalue weighted by molar-refractivity contribution is 0.103. The zero-order valence-corrected chi connectivity index (χ0v) is 19.7. The number of carboxylic acid groups (broad SMARTS) is 1. The molecular weight excluding hydrogens is 420 g/mol. The molecule has 30 heavy (non-hydrogen) atoms. The lowest BCUT2D eigenvalue weighted by atomic mass is 10.1. The lowest BCUT2D eigenvalue weighted by Gasteiger charge is -2.39. The molecule has 0 saturated carbocycles. The monoisotopic (exact) mass is 446 g/mol. The van der Waals surface area contributed by atoms with Gasteiger partial charge in [0.05, 0.1) is 24.9 Å². The maximum absolute atomic E-state index is 11.8. The summed E-state index contributed by atoms with van der Waals surface area (Å²) < 4.78 is 8.16. The topological polar surface area (TPSA) is 91.4 Å². The van der Waals surface area contributed by atoms with Crippen molar-refractivity contribution >= 4 is 26.0 Å². The first-order valence-corrected chi connectivity index (χ1v) is 13.1. The van der Waals surface area contributed by atoms with Crippen LogP contribution in [0.15, 0.2) is 24.3 Å². The number of rotatable bonds is 4. The Balaban J connectivity index is 2.03. The van der Waals surface area contributed by atoms with E-state index in [1.54, 1.807) is 22.9 Å². The fraction of sp³-hybridized carbons (Fsp3) is 0.476. The van der Waals surface area contributed by atoms with Crippen molar-refractivity contribution in [1.82, 2.24) is 14.7 Å². The Morgan fingerprint density at radius 3 is 2.70 bits per heavy atom. The summed E-state index contributed by atoms with van der Waals surface area (Å²) in [6, 6.07) is 9.08. The number of benzene rings is 1. The largest absolute Gasteiger partial charge is 0.465 e. The molecule has 7 nitrogen and oxygen atoms in total. The van der Waals surface area contributed by atoms with Gasteiger partial charge in [-0.1, -0.05) is 44.5 Å². The Hall–Kier alpha value is -2.34. The van der Waals surface area contributed by atoms with Crippen LogP contribution in [0, 0.1) is 11.3 Å². The molecule has 9 heteroatoms. The number of hydrogen-bond acceptors (Lipinski definition) is 4. The fourth-order valence-electron chi connectivity index (χ4n) is 3.25. The van der Waals surface area contributed by atoms with E-state index in [1.807, 2.05) is 6.07 Å². The SMILES string of the molecule is CC(C)(C)[Si](C)(C)OCC1CN(C(=O)O)Cc2c(C#N)c(-c3cccc(Cl)c3)nn21. The van der Waals surface area contributed by atoms with E-state index in [9.17, 15) is 15.2 Å². The van der Waals surface area contributed by atoms with Crippen LogP contribution in [0.2, 0.25) is 23.2 Å². The van der Waals surface area contributed by atoms with Crippen LogP contribution in [0.5, 0.6) is 0 Å². The molecule has 2 aromatic rings. The molecule has 1 amide bonds. The standard InChI is InChI=1S/C21H27ClN4O3Si/c1-21(2,3)30(4,5)29-13-16-11-25(20(27)28)12-18-17(10-23)19(24-26(16)18)14-7-6-8-15(22)9-14/h6-9,16H,11-13H2,1-5H3,(H,27,28). The van der Waals surface area contributed by atoms with Crippen LogP contribution < -0.4 is 0 Å². The van der Waals surface area contributed by atoms with Crippen molar-refractivity contribution in [3.05, 3.63) is 40.5 Å². The number of aromatic nitrogens is 2. The number of carbonyl (C=O) groups is 1. The molecule has 2 heterocycles. The summed E-state index contributed by atoms with van der Waals surface area (Å²) in [6.45, 7) is 11.5. The number of amides is 1. The molecule has 1 aliphatic rings. The van der Waals surface area contributed by atoms with Gasteiger partial charge in [0.25, 0.3) is 0 Å². The molecule has 1 unspecified atom stereocenters. The van der Waals surface area contributed by atoms with Gasteiger partial charge in [0.15, 0.2) is 8.32 Å². The van der Waals surface area contributed by atoms with Gasteiger partial charge in [-0.15, -0.1) is 0 Å². The number of nitriles is 1. The fourth-order valence-corrected chi connectivity index (χ4v) is 4.48. The van der Waals surface area contributed by atoms with Gasteiger partial charge in [-0.05, 0) is 30.3 Å². The van der Waals surface area contributed by atoms with Crippen molar-refractivity contribution in [2.75, 3.05) is 13.2 Å². The van der Waals surface area contributed by atoms with Crippen molar-refractivity contribution in [2.45, 2.75) is 51.5 Å². The van der Waals surface area contributed by atoms with Crippen LogP contribution in [0.4, 0.5) is 4.79 Å². The molecule has 160 valence electrons. The summed E-state index contributed by atoms with van der Waals surface area (Å²) in [5.41, 5.74) is 2.21. The van der Waals surface area contributed by atoms with Crippen molar-refractivity contribution in [3.63, 3.8) is 0 Å². The van der Waals surface area contributed by atoms with Crippen LogP contribution in [0.25, 0.3) is 11.3 Å². The van der Waals surface area contributed by atoms with Crippen LogP contribution in [0.3, 0.4) is 0 Å². The summed E-state index contributed by atoms with van der Waals surface area (Å²) in [5, 5.41) is 24.8. The van der Waals surface area contributed by atoms with Crippen LogP contribution >= 0.6 is 11.6 Å². The van der Waals surface area contributed by atoms with Crippen molar-refractivity contribution in [2.24, 2.45) is 0 Å². The summed E-state index contributed by atoms with van der Waals surface area (Å²) >= 11 is 6.13. The molecule has 0 fully saturated rings. The first kappa shape index (κ1) is 22.3. The minimum atomic E-state index is -2.04. The molecule has 1 aromatic carbocycles. The normalized spacial score (nSPS) is 16.8. The van der Waals surface area contributed by atoms with Gasteiger partial charge in [0.2, 0.25) is 0 Å². The van der Waals surface area contributed by atoms with E-state index < -0.39 is 14.4 Å². The molecule has 0 spiro atoms. The van der Waals surface area contributed by atoms with Gasteiger partial charge in [0.1, 0.15) is 17.3 Å². The second-order valence-electron chi connectivity index (χ2n) is 9.13. The Kier molecular flexibility index (Phi) is 6.00. The second-order valence-corrected chi connectivity index (χ2v) is 14.4. The molecule has 1 N–H and O–H groups in total. The average Bonchev–Trinajstić information content (AvgIpc) is 3.03. The van der Waals surface area contributed by atoms with E-state index in [2.05, 4.69) is 39.9 Å². The third-order valence-corrected chi connectivity index (χ3v) is 10.8. The molecule has 1 atom stereocenters. The van der Waals surface area contributed by atoms with Gasteiger partial charge in [-0.2, -0.15) is 10.4 Å². The van der Waals surface area contributed by atoms with Gasteiger partial charge in [-0.3, -0.25) is 4.68 Å². The predicted octanol–water partition coefficient (Wildman–Crippen LogP) is 5.13. The molecule has 0 saturated heterocycles. The maximum atomic E-state index is 11.8. The highest BCUT2D eigenvalue weighted by molar-refractivity contribution is 6.74. The minimum Gasteiger partial charge on any atom is -0.465 e. The van der Waals surface area contributed by atoms with E-state index in [-0.39, 0.29) is 24.2 Å². The second kappa shape index (κ2) is 8.06. The number of nitrogens with zero attached hydrogens (tertiary/aromatic N) is 4. The summed E-state index contributed by atoms with van der Waals surface area (Å²) in [5.74, 6) is 0. The molecule has 0 aliphatic carbocycles. The smallest absolute Gasteiger partial charge is 0.407 e. The van der Waals surface area contributed by atoms with Gasteiger partial charge < -0.3 is 14.4 Å². The predicted molar refractivity (Wildman–Crippen MR) is 118 cm³/mol. The highest BCUT2D eigenvalue weighted by atomic mass is 35.5. The third kappa shape index (κ3) is 4.24. The van der Waals surface area contributed by atoms with Crippen molar-refractivity contribution in [1.29, 1.82) is 5.26 Å². The van der Waals surface area contributed by atoms with Crippen LogP contribution in [-0.4, -0.2) is 47.3 Å². The summed E-state index contributed by atoms with van der Waals surface area (Å²) in [6.07, 6.45) is -1.02. The summed E-state index contributed by atoms with van der Waals surface area (Å²) in [7, 11) is -2.04. The van der Waals surface area contributed by atoms with Gasteiger partial charge in [-0.25, -0.2) is 4.79 Å². The number of halogens is 1. The Labute approximate surface area is 182 Å². The van der Waals surface area contributed by atoms with Gasteiger partial charge >= 0.3 is 6.09 Å². The van der Waals surface area contributed by atoms with E-state index >= 15 is 0 Å². The molecule has 0 radical (unpaired) electrons. The molecule has 0 bridgehead atoms. The maximum Gasteiger partial charge on any atom is 0.407 e. The average molecular weight is 447 g/mol. The van der Waals surface area contributed by atoms with Crippen molar-refractivity contribution in [3.8, 4) is 17.3 Å². The highest BCUT2D eigenvalue weighted by Crippen LogP contribution is 2.38. The molecular formula is C21H27ClN4O3Si. The zero-order chi connectivity index (χ0) is 22.3. The first-order valence-electron chi connectivity index (χ1n) is 9.84. The third-order valence-electron chi connectivity index (χ3n) is 6.05. The van der Waals surface area contributed by atoms with Crippen LogP contribution in [-0.2, 0) is 11.0 Å². The Bertz CT molecular complexity index is 1010. The zero-order valence-electron chi connectivity index (χ0n) is 17.9. The Morgan fingerprint density at radius 2 is 2.13 bits per heavy atom. The number of fused-ring (bicyclic) bond motifs is 1. The van der Waals surface area contributed by atoms with E-state index in [0.29, 0.717) is 28.6 Å². The minimum absolute atomic E-state index is 0.0326. The van der Waals surface area contributed by atoms with Crippen LogP contribution in [0.1, 0.15) is 38.1 Å². The first-order chi connectivity index (χ1) is 13.9. The lowest BCUT2D eigenvalue weighted by Crippen LogP contribution is -2.46. The van der Waals surface area contributed by atoms with E-state index in [4.69, 9.17) is 21.1 Å². The molecule has 1 aromatic heterocycles. The summed E-state index contributed by atoms with van der Waals surface area (Å²) in [4.78, 5) is 13.1. The Morgan fingerprint density at radius 1 is 1.43 bits per heavy atom. The molecule has 1 aliphatic heterocycles. The molecule has 3 rings (SSSR count). The van der Waals surface area contributed by atoms with Gasteiger partial charge in [0, 0.05) is 17.1 Å². The van der Waals surface area contributed by atoms with E-state index in [0.717, 1.165) is 5.56 Å².